The first-order valence-electron chi connectivity index (χ1n) is 5.36. The highest BCUT2D eigenvalue weighted by atomic mass is 79.9. The van der Waals surface area contributed by atoms with Gasteiger partial charge in [0.15, 0.2) is 0 Å². The minimum Gasteiger partial charge on any atom is -0.271 e. The topological polar surface area (TPSA) is 55.9 Å². The molecular weight excluding hydrogens is 300 g/mol. The Kier molecular flexibility index (Phi) is 3.98. The van der Waals surface area contributed by atoms with Crippen molar-refractivity contribution in [2.45, 2.75) is 25.9 Å². The van der Waals surface area contributed by atoms with E-state index in [2.05, 4.69) is 51.7 Å². The molecule has 0 aliphatic rings. The van der Waals surface area contributed by atoms with Crippen molar-refractivity contribution in [1.82, 2.24) is 15.2 Å². The Labute approximate surface area is 113 Å². The van der Waals surface area contributed by atoms with Gasteiger partial charge >= 0.3 is 0 Å². The SMILES string of the molecule is CC(C)n1ncc(Br)c1C(NN)c1ccsc1. The van der Waals surface area contributed by atoms with Crippen LogP contribution in [0.4, 0.5) is 0 Å². The van der Waals surface area contributed by atoms with E-state index in [1.54, 1.807) is 11.3 Å². The van der Waals surface area contributed by atoms with Gasteiger partial charge in [0.2, 0.25) is 0 Å². The van der Waals surface area contributed by atoms with Gasteiger partial charge in [-0.05, 0) is 52.2 Å². The number of nitrogens with one attached hydrogen (secondary N) is 1. The molecule has 17 heavy (non-hydrogen) atoms. The molecule has 1 unspecified atom stereocenters. The van der Waals surface area contributed by atoms with Crippen molar-refractivity contribution in [2.24, 2.45) is 5.84 Å². The van der Waals surface area contributed by atoms with Crippen LogP contribution in [0.1, 0.15) is 37.2 Å². The number of nitrogens with zero attached hydrogens (tertiary/aromatic N) is 2. The highest BCUT2D eigenvalue weighted by Crippen LogP contribution is 2.30. The number of nitrogens with two attached hydrogens (primary N) is 1. The zero-order chi connectivity index (χ0) is 12.4. The van der Waals surface area contributed by atoms with Crippen molar-refractivity contribution in [3.63, 3.8) is 0 Å². The molecule has 0 aromatic carbocycles. The lowest BCUT2D eigenvalue weighted by Gasteiger charge is -2.19. The summed E-state index contributed by atoms with van der Waals surface area (Å²) in [6.07, 6.45) is 1.81. The smallest absolute Gasteiger partial charge is 0.0897 e. The first-order chi connectivity index (χ1) is 8.15. The van der Waals surface area contributed by atoms with E-state index in [0.29, 0.717) is 6.04 Å². The molecule has 0 aliphatic carbocycles. The molecule has 2 heterocycles. The second-order valence-electron chi connectivity index (χ2n) is 4.07. The van der Waals surface area contributed by atoms with Gasteiger partial charge in [-0.3, -0.25) is 10.5 Å². The molecule has 0 spiro atoms. The second kappa shape index (κ2) is 5.30. The predicted octanol–water partition coefficient (Wildman–Crippen LogP) is 2.84. The highest BCUT2D eigenvalue weighted by Gasteiger charge is 2.22. The van der Waals surface area contributed by atoms with Gasteiger partial charge in [0.05, 0.1) is 22.4 Å². The average molecular weight is 315 g/mol. The highest BCUT2D eigenvalue weighted by molar-refractivity contribution is 9.10. The maximum atomic E-state index is 5.69. The fourth-order valence-electron chi connectivity index (χ4n) is 1.80. The number of hydrogen-bond acceptors (Lipinski definition) is 4. The van der Waals surface area contributed by atoms with Crippen LogP contribution in [0.5, 0.6) is 0 Å². The van der Waals surface area contributed by atoms with E-state index in [9.17, 15) is 0 Å². The maximum Gasteiger partial charge on any atom is 0.0897 e. The van der Waals surface area contributed by atoms with Gasteiger partial charge in [-0.25, -0.2) is 5.43 Å². The van der Waals surface area contributed by atoms with Gasteiger partial charge in [0.25, 0.3) is 0 Å². The van der Waals surface area contributed by atoms with Crippen LogP contribution in [0.15, 0.2) is 27.5 Å². The fourth-order valence-corrected chi connectivity index (χ4v) is 2.99. The van der Waals surface area contributed by atoms with E-state index in [0.717, 1.165) is 15.7 Å². The quantitative estimate of drug-likeness (QED) is 0.674. The standard InChI is InChI=1S/C11H15BrN4S/c1-7(2)16-11(9(12)5-14-16)10(15-13)8-3-4-17-6-8/h3-7,10,15H,13H2,1-2H3. The molecule has 4 nitrogen and oxygen atoms in total. The van der Waals surface area contributed by atoms with E-state index in [1.807, 2.05) is 16.3 Å². The molecule has 0 aliphatic heterocycles. The number of aromatic nitrogens is 2. The van der Waals surface area contributed by atoms with Gasteiger partial charge in [-0.1, -0.05) is 0 Å². The maximum absolute atomic E-state index is 5.69. The van der Waals surface area contributed by atoms with E-state index >= 15 is 0 Å². The third-order valence-corrected chi connectivity index (χ3v) is 3.91. The van der Waals surface area contributed by atoms with E-state index < -0.39 is 0 Å². The van der Waals surface area contributed by atoms with Crippen LogP contribution < -0.4 is 11.3 Å². The van der Waals surface area contributed by atoms with Crippen molar-refractivity contribution in [1.29, 1.82) is 0 Å². The summed E-state index contributed by atoms with van der Waals surface area (Å²) in [5.41, 5.74) is 5.07. The molecule has 2 aromatic heterocycles. The minimum absolute atomic E-state index is 0.0412. The summed E-state index contributed by atoms with van der Waals surface area (Å²) in [4.78, 5) is 0. The third-order valence-electron chi connectivity index (χ3n) is 2.59. The van der Waals surface area contributed by atoms with Crippen LogP contribution in [0, 0.1) is 0 Å². The molecule has 2 aromatic rings. The first-order valence-corrected chi connectivity index (χ1v) is 7.09. The molecule has 0 bridgehead atoms. The van der Waals surface area contributed by atoms with Crippen molar-refractivity contribution in [3.8, 4) is 0 Å². The molecule has 0 amide bonds. The Morgan fingerprint density at radius 2 is 2.29 bits per heavy atom. The van der Waals surface area contributed by atoms with Gasteiger partial charge in [0, 0.05) is 6.04 Å². The fraction of sp³-hybridized carbons (Fsp3) is 0.364. The molecule has 0 saturated carbocycles. The third kappa shape index (κ3) is 2.44. The van der Waals surface area contributed by atoms with E-state index in [4.69, 9.17) is 5.84 Å². The van der Waals surface area contributed by atoms with Crippen molar-refractivity contribution in [3.05, 3.63) is 38.8 Å². The molecule has 2 rings (SSSR count). The van der Waals surface area contributed by atoms with Crippen LogP contribution in [-0.4, -0.2) is 9.78 Å². The lowest BCUT2D eigenvalue weighted by molar-refractivity contribution is 0.475. The predicted molar refractivity (Wildman–Crippen MR) is 73.8 cm³/mol. The van der Waals surface area contributed by atoms with Crippen LogP contribution in [0.3, 0.4) is 0 Å². The normalized spacial score (nSPS) is 13.2. The molecule has 0 radical (unpaired) electrons. The van der Waals surface area contributed by atoms with E-state index in [1.165, 1.54) is 0 Å². The molecule has 1 atom stereocenters. The molecule has 92 valence electrons. The number of hydrazine groups is 1. The van der Waals surface area contributed by atoms with Gasteiger partial charge in [-0.2, -0.15) is 16.4 Å². The molecule has 3 N–H and O–H groups in total. The largest absolute Gasteiger partial charge is 0.271 e. The van der Waals surface area contributed by atoms with Crippen LogP contribution in [-0.2, 0) is 0 Å². The molecule has 0 fully saturated rings. The summed E-state index contributed by atoms with van der Waals surface area (Å²) < 4.78 is 2.95. The number of halogens is 1. The Hall–Kier alpha value is -0.690. The zero-order valence-electron chi connectivity index (χ0n) is 9.72. The average Bonchev–Trinajstić information content (AvgIpc) is 2.91. The monoisotopic (exact) mass is 314 g/mol. The summed E-state index contributed by atoms with van der Waals surface area (Å²) in [6.45, 7) is 4.20. The van der Waals surface area contributed by atoms with Crippen molar-refractivity contribution >= 4 is 27.3 Å². The van der Waals surface area contributed by atoms with Crippen molar-refractivity contribution < 1.29 is 0 Å². The van der Waals surface area contributed by atoms with Crippen LogP contribution in [0.25, 0.3) is 0 Å². The summed E-state index contributed by atoms with van der Waals surface area (Å²) in [5.74, 6) is 5.69. The Morgan fingerprint density at radius 3 is 2.82 bits per heavy atom. The minimum atomic E-state index is -0.0412. The Balaban J connectivity index is 2.47. The number of rotatable bonds is 4. The second-order valence-corrected chi connectivity index (χ2v) is 5.71. The number of thiophene rings is 1. The van der Waals surface area contributed by atoms with Crippen LogP contribution in [0.2, 0.25) is 0 Å². The first kappa shape index (κ1) is 12.8. The van der Waals surface area contributed by atoms with Gasteiger partial charge < -0.3 is 0 Å². The summed E-state index contributed by atoms with van der Waals surface area (Å²) in [6, 6.07) is 2.32. The Bertz CT molecular complexity index is 478. The summed E-state index contributed by atoms with van der Waals surface area (Å²) >= 11 is 5.20. The lowest BCUT2D eigenvalue weighted by atomic mass is 10.1. The van der Waals surface area contributed by atoms with Crippen molar-refractivity contribution in [2.75, 3.05) is 0 Å². The molecule has 6 heteroatoms. The van der Waals surface area contributed by atoms with E-state index in [-0.39, 0.29) is 6.04 Å². The number of hydrogen-bond donors (Lipinski definition) is 2. The van der Waals surface area contributed by atoms with Crippen LogP contribution >= 0.6 is 27.3 Å². The Morgan fingerprint density at radius 1 is 1.53 bits per heavy atom. The summed E-state index contributed by atoms with van der Waals surface area (Å²) in [5, 5.41) is 8.51. The van der Waals surface area contributed by atoms with Gasteiger partial charge in [0.1, 0.15) is 0 Å². The molecular formula is C11H15BrN4S. The zero-order valence-corrected chi connectivity index (χ0v) is 12.1. The lowest BCUT2D eigenvalue weighted by Crippen LogP contribution is -2.31. The summed E-state index contributed by atoms with van der Waals surface area (Å²) in [7, 11) is 0. The molecule has 0 saturated heterocycles. The van der Waals surface area contributed by atoms with Gasteiger partial charge in [-0.15, -0.1) is 0 Å².